The molecule has 60 valence electrons. The molecule has 12 heavy (non-hydrogen) atoms. The maximum absolute atomic E-state index is 11.4. The van der Waals surface area contributed by atoms with Crippen molar-refractivity contribution in [2.75, 3.05) is 0 Å². The lowest BCUT2D eigenvalue weighted by molar-refractivity contribution is 0.467. The second kappa shape index (κ2) is 2.44. The van der Waals surface area contributed by atoms with E-state index in [-0.39, 0.29) is 5.39 Å². The molecule has 1 aromatic heterocycles. The number of fused-ring (bicyclic) bond motifs is 1. The minimum atomic E-state index is -2.50. The summed E-state index contributed by atoms with van der Waals surface area (Å²) < 4.78 is 25.9. The summed E-state index contributed by atoms with van der Waals surface area (Å²) in [6, 6.07) is 6.45. The Bertz CT molecular complexity index is 559. The SMILES string of the molecule is [2H]C([2H])([2H])c1nc2ccccc2c(=O)o1. The minimum Gasteiger partial charge on any atom is -0.408 e. The molecule has 0 aliphatic rings. The molecule has 0 atom stereocenters. The second-order valence-electron chi connectivity index (χ2n) is 2.32. The van der Waals surface area contributed by atoms with Gasteiger partial charge in [-0.25, -0.2) is 9.78 Å². The van der Waals surface area contributed by atoms with Crippen LogP contribution in [0.4, 0.5) is 0 Å². The van der Waals surface area contributed by atoms with E-state index in [1.807, 2.05) is 0 Å². The zero-order valence-electron chi connectivity index (χ0n) is 9.07. The highest BCUT2D eigenvalue weighted by atomic mass is 16.4. The van der Waals surface area contributed by atoms with E-state index in [0.717, 1.165) is 0 Å². The van der Waals surface area contributed by atoms with Crippen molar-refractivity contribution >= 4 is 10.9 Å². The average molecular weight is 164 g/mol. The Morgan fingerprint density at radius 3 is 3.17 bits per heavy atom. The fourth-order valence-corrected chi connectivity index (χ4v) is 1.02. The summed E-state index contributed by atoms with van der Waals surface area (Å²) in [7, 11) is 0. The fraction of sp³-hybridized carbons (Fsp3) is 0.111. The summed E-state index contributed by atoms with van der Waals surface area (Å²) in [5.41, 5.74) is -0.341. The molecule has 0 unspecified atom stereocenters. The first-order chi connectivity index (χ1) is 6.98. The predicted octanol–water partition coefficient (Wildman–Crippen LogP) is 1.50. The Hall–Kier alpha value is -1.64. The van der Waals surface area contributed by atoms with E-state index < -0.39 is 18.4 Å². The van der Waals surface area contributed by atoms with Gasteiger partial charge in [-0.2, -0.15) is 0 Å². The van der Waals surface area contributed by atoms with Gasteiger partial charge in [0.15, 0.2) is 5.89 Å². The number of aryl methyl sites for hydroxylation is 1. The van der Waals surface area contributed by atoms with Crippen molar-refractivity contribution in [1.82, 2.24) is 4.98 Å². The lowest BCUT2D eigenvalue weighted by Gasteiger charge is -1.94. The van der Waals surface area contributed by atoms with Crippen molar-refractivity contribution in [3.05, 3.63) is 40.6 Å². The first-order valence-electron chi connectivity index (χ1n) is 4.89. The number of aromatic nitrogens is 1. The highest BCUT2D eigenvalue weighted by Crippen LogP contribution is 2.05. The van der Waals surface area contributed by atoms with Crippen LogP contribution >= 0.6 is 0 Å². The lowest BCUT2D eigenvalue weighted by Crippen LogP contribution is -2.02. The average Bonchev–Trinajstić information content (AvgIpc) is 2.16. The largest absolute Gasteiger partial charge is 0.408 e. The topological polar surface area (TPSA) is 43.1 Å². The predicted molar refractivity (Wildman–Crippen MR) is 45.0 cm³/mol. The van der Waals surface area contributed by atoms with E-state index in [0.29, 0.717) is 5.52 Å². The Labute approximate surface area is 72.9 Å². The number of hydrogen-bond acceptors (Lipinski definition) is 3. The molecule has 0 saturated carbocycles. The van der Waals surface area contributed by atoms with Gasteiger partial charge in [0, 0.05) is 11.0 Å². The quantitative estimate of drug-likeness (QED) is 0.592. The molecular weight excluding hydrogens is 154 g/mol. The Kier molecular flexibility index (Phi) is 0.896. The van der Waals surface area contributed by atoms with Gasteiger partial charge in [-0.15, -0.1) is 0 Å². The van der Waals surface area contributed by atoms with Crippen molar-refractivity contribution in [2.24, 2.45) is 0 Å². The monoisotopic (exact) mass is 164 g/mol. The molecule has 0 aliphatic carbocycles. The third-order valence-electron chi connectivity index (χ3n) is 1.54. The van der Waals surface area contributed by atoms with Crippen LogP contribution in [0.15, 0.2) is 33.5 Å². The maximum Gasteiger partial charge on any atom is 0.346 e. The third-order valence-corrected chi connectivity index (χ3v) is 1.54. The van der Waals surface area contributed by atoms with Crippen LogP contribution in [-0.4, -0.2) is 4.98 Å². The van der Waals surface area contributed by atoms with Crippen LogP contribution in [-0.2, 0) is 0 Å². The van der Waals surface area contributed by atoms with Crippen LogP contribution in [0.1, 0.15) is 10.0 Å². The van der Waals surface area contributed by atoms with Crippen molar-refractivity contribution in [1.29, 1.82) is 0 Å². The van der Waals surface area contributed by atoms with Crippen LogP contribution < -0.4 is 5.63 Å². The summed E-state index contributed by atoms with van der Waals surface area (Å²) >= 11 is 0. The Balaban J connectivity index is 2.79. The summed E-state index contributed by atoms with van der Waals surface area (Å²) in [6.07, 6.45) is 0. The van der Waals surface area contributed by atoms with Gasteiger partial charge in [0.25, 0.3) is 0 Å². The van der Waals surface area contributed by atoms with Gasteiger partial charge < -0.3 is 4.42 Å². The smallest absolute Gasteiger partial charge is 0.346 e. The van der Waals surface area contributed by atoms with Gasteiger partial charge in [-0.1, -0.05) is 12.1 Å². The molecule has 0 spiro atoms. The van der Waals surface area contributed by atoms with E-state index in [2.05, 4.69) is 9.40 Å². The highest BCUT2D eigenvalue weighted by Gasteiger charge is 2.00. The molecule has 0 N–H and O–H groups in total. The third kappa shape index (κ3) is 0.993. The summed E-state index contributed by atoms with van der Waals surface area (Å²) in [5, 5.41) is 0.283. The van der Waals surface area contributed by atoms with E-state index in [9.17, 15) is 4.79 Å². The molecule has 0 fully saturated rings. The van der Waals surface area contributed by atoms with Gasteiger partial charge in [0.05, 0.1) is 10.9 Å². The second-order valence-corrected chi connectivity index (χ2v) is 2.32. The molecular formula is C9H7NO2. The Morgan fingerprint density at radius 2 is 2.33 bits per heavy atom. The van der Waals surface area contributed by atoms with Crippen LogP contribution in [0.25, 0.3) is 10.9 Å². The number of nitrogens with zero attached hydrogens (tertiary/aromatic N) is 1. The molecule has 0 aliphatic heterocycles. The molecule has 3 nitrogen and oxygen atoms in total. The lowest BCUT2D eigenvalue weighted by atomic mass is 10.2. The zero-order chi connectivity index (χ0) is 11.1. The van der Waals surface area contributed by atoms with Gasteiger partial charge in [-0.3, -0.25) is 0 Å². The number of hydrogen-bond donors (Lipinski definition) is 0. The van der Waals surface area contributed by atoms with Gasteiger partial charge in [0.1, 0.15) is 0 Å². The first-order valence-corrected chi connectivity index (χ1v) is 3.39. The molecule has 1 aromatic carbocycles. The molecule has 0 bridgehead atoms. The standard InChI is InChI=1S/C9H7NO2/c1-6-10-8-5-3-2-4-7(8)9(11)12-6/h2-5H,1H3/i1D3. The summed E-state index contributed by atoms with van der Waals surface area (Å²) in [4.78, 5) is 15.2. The van der Waals surface area contributed by atoms with Gasteiger partial charge >= 0.3 is 5.63 Å². The number of para-hydroxylation sites is 1. The molecule has 2 rings (SSSR count). The van der Waals surface area contributed by atoms with Crippen molar-refractivity contribution in [3.63, 3.8) is 0 Å². The summed E-state index contributed by atoms with van der Waals surface area (Å²) in [5.74, 6) is -0.522. The summed E-state index contributed by atoms with van der Waals surface area (Å²) in [6.45, 7) is -2.50. The van der Waals surface area contributed by atoms with Crippen molar-refractivity contribution in [2.45, 2.75) is 6.85 Å². The van der Waals surface area contributed by atoms with E-state index >= 15 is 0 Å². The molecule has 3 heteroatoms. The van der Waals surface area contributed by atoms with Crippen molar-refractivity contribution in [3.8, 4) is 0 Å². The van der Waals surface area contributed by atoms with Crippen LogP contribution in [0.3, 0.4) is 0 Å². The van der Waals surface area contributed by atoms with Crippen LogP contribution in [0.2, 0.25) is 0 Å². The van der Waals surface area contributed by atoms with E-state index in [4.69, 9.17) is 4.11 Å². The molecule has 0 saturated heterocycles. The molecule has 1 heterocycles. The minimum absolute atomic E-state index is 0.283. The van der Waals surface area contributed by atoms with Gasteiger partial charge in [-0.05, 0) is 12.1 Å². The van der Waals surface area contributed by atoms with Crippen LogP contribution in [0, 0.1) is 6.85 Å². The molecule has 2 aromatic rings. The first kappa shape index (κ1) is 4.40. The molecule has 0 radical (unpaired) electrons. The van der Waals surface area contributed by atoms with Crippen molar-refractivity contribution < 1.29 is 8.53 Å². The van der Waals surface area contributed by atoms with Gasteiger partial charge in [0.2, 0.25) is 0 Å². The Morgan fingerprint density at radius 1 is 1.50 bits per heavy atom. The fourth-order valence-electron chi connectivity index (χ4n) is 1.02. The molecule has 0 amide bonds. The number of rotatable bonds is 0. The van der Waals surface area contributed by atoms with E-state index in [1.54, 1.807) is 18.2 Å². The normalized spacial score (nSPS) is 15.2. The number of benzene rings is 1. The highest BCUT2D eigenvalue weighted by molar-refractivity contribution is 5.76. The van der Waals surface area contributed by atoms with Crippen LogP contribution in [0.5, 0.6) is 0 Å². The zero-order valence-corrected chi connectivity index (χ0v) is 6.07. The maximum atomic E-state index is 11.4. The van der Waals surface area contributed by atoms with E-state index in [1.165, 1.54) is 6.07 Å².